The Morgan fingerprint density at radius 1 is 0.935 bits per heavy atom. The lowest BCUT2D eigenvalue weighted by Crippen LogP contribution is -2.00. The number of benzene rings is 3. The average molecular weight is 430 g/mol. The van der Waals surface area contributed by atoms with E-state index in [-0.39, 0.29) is 5.78 Å². The van der Waals surface area contributed by atoms with Crippen molar-refractivity contribution in [1.29, 1.82) is 0 Å². The maximum absolute atomic E-state index is 13.2. The van der Waals surface area contributed by atoms with E-state index in [4.69, 9.17) is 9.47 Å². The summed E-state index contributed by atoms with van der Waals surface area (Å²) in [4.78, 5) is 24.0. The molecule has 154 valence electrons. The lowest BCUT2D eigenvalue weighted by Gasteiger charge is -2.08. The lowest BCUT2D eigenvalue weighted by atomic mass is 10.1. The number of hydrogen-bond acceptors (Lipinski definition) is 6. The quantitative estimate of drug-likeness (QED) is 0.193. The van der Waals surface area contributed by atoms with Crippen LogP contribution in [0, 0.1) is 0 Å². The largest absolute Gasteiger partial charge is 0.497 e. The molecule has 0 aliphatic carbocycles. The SMILES string of the molecule is COc1ccc2c(Oc3ccc(/C=C/OC=O)cc3)c(C(=O)c3ccccc3)sc2c1. The van der Waals surface area contributed by atoms with Crippen LogP contribution in [0.3, 0.4) is 0 Å². The Balaban J connectivity index is 1.73. The molecule has 0 saturated heterocycles. The first kappa shape index (κ1) is 20.4. The Kier molecular flexibility index (Phi) is 6.10. The second-order valence-electron chi connectivity index (χ2n) is 6.52. The van der Waals surface area contributed by atoms with Gasteiger partial charge in [0.1, 0.15) is 16.4 Å². The predicted molar refractivity (Wildman–Crippen MR) is 121 cm³/mol. The van der Waals surface area contributed by atoms with Gasteiger partial charge in [0.05, 0.1) is 13.4 Å². The van der Waals surface area contributed by atoms with Crippen LogP contribution in [0.5, 0.6) is 17.2 Å². The summed E-state index contributed by atoms with van der Waals surface area (Å²) < 4.78 is 17.0. The molecular formula is C25H18O5S. The summed E-state index contributed by atoms with van der Waals surface area (Å²) in [5.41, 5.74) is 1.44. The molecule has 1 aromatic heterocycles. The van der Waals surface area contributed by atoms with Crippen molar-refractivity contribution in [2.75, 3.05) is 7.11 Å². The molecule has 0 unspecified atom stereocenters. The van der Waals surface area contributed by atoms with Crippen LogP contribution in [0.1, 0.15) is 20.8 Å². The first-order chi connectivity index (χ1) is 15.2. The van der Waals surface area contributed by atoms with Crippen molar-refractivity contribution in [2.24, 2.45) is 0 Å². The first-order valence-electron chi connectivity index (χ1n) is 9.43. The van der Waals surface area contributed by atoms with Gasteiger partial charge in [-0.2, -0.15) is 0 Å². The van der Waals surface area contributed by atoms with Gasteiger partial charge >= 0.3 is 0 Å². The Hall–Kier alpha value is -3.90. The van der Waals surface area contributed by atoms with Gasteiger partial charge in [0.25, 0.3) is 6.47 Å². The van der Waals surface area contributed by atoms with Crippen LogP contribution in [0.2, 0.25) is 0 Å². The van der Waals surface area contributed by atoms with E-state index in [2.05, 4.69) is 4.74 Å². The van der Waals surface area contributed by atoms with Crippen LogP contribution in [0.15, 0.2) is 79.1 Å². The molecule has 31 heavy (non-hydrogen) atoms. The number of carbonyl (C=O) groups excluding carboxylic acids is 2. The van der Waals surface area contributed by atoms with Crippen molar-refractivity contribution < 1.29 is 23.8 Å². The van der Waals surface area contributed by atoms with Gasteiger partial charge in [-0.05, 0) is 42.0 Å². The third kappa shape index (κ3) is 4.49. The number of ketones is 1. The van der Waals surface area contributed by atoms with E-state index in [9.17, 15) is 9.59 Å². The van der Waals surface area contributed by atoms with Crippen LogP contribution >= 0.6 is 11.3 Å². The molecule has 0 fully saturated rings. The van der Waals surface area contributed by atoms with Crippen LogP contribution in [0.4, 0.5) is 0 Å². The summed E-state index contributed by atoms with van der Waals surface area (Å²) >= 11 is 1.38. The van der Waals surface area contributed by atoms with E-state index in [0.29, 0.717) is 34.2 Å². The zero-order chi connectivity index (χ0) is 21.6. The van der Waals surface area contributed by atoms with Crippen LogP contribution < -0.4 is 9.47 Å². The highest BCUT2D eigenvalue weighted by atomic mass is 32.1. The zero-order valence-corrected chi connectivity index (χ0v) is 17.4. The molecule has 0 aliphatic rings. The van der Waals surface area contributed by atoms with E-state index >= 15 is 0 Å². The number of ether oxygens (including phenoxy) is 3. The molecule has 0 radical (unpaired) electrons. The smallest absolute Gasteiger partial charge is 0.297 e. The molecule has 6 heteroatoms. The molecule has 0 amide bonds. The van der Waals surface area contributed by atoms with Gasteiger partial charge in [-0.25, -0.2) is 0 Å². The van der Waals surface area contributed by atoms with Crippen molar-refractivity contribution in [3.8, 4) is 17.2 Å². The van der Waals surface area contributed by atoms with Crippen molar-refractivity contribution >= 4 is 39.8 Å². The molecule has 0 aliphatic heterocycles. The normalized spacial score (nSPS) is 10.9. The molecule has 0 saturated carbocycles. The number of methoxy groups -OCH3 is 1. The maximum atomic E-state index is 13.2. The summed E-state index contributed by atoms with van der Waals surface area (Å²) in [6, 6.07) is 22.0. The molecule has 0 N–H and O–H groups in total. The zero-order valence-electron chi connectivity index (χ0n) is 16.6. The van der Waals surface area contributed by atoms with Crippen molar-refractivity contribution in [2.45, 2.75) is 0 Å². The Bertz CT molecular complexity index is 1240. The lowest BCUT2D eigenvalue weighted by molar-refractivity contribution is -0.123. The van der Waals surface area contributed by atoms with Gasteiger partial charge < -0.3 is 14.2 Å². The summed E-state index contributed by atoms with van der Waals surface area (Å²) in [7, 11) is 1.61. The van der Waals surface area contributed by atoms with Gasteiger partial charge in [-0.3, -0.25) is 9.59 Å². The minimum atomic E-state index is -0.0960. The monoisotopic (exact) mass is 430 g/mol. The van der Waals surface area contributed by atoms with Gasteiger partial charge in [0.2, 0.25) is 5.78 Å². The van der Waals surface area contributed by atoms with E-state index in [1.165, 1.54) is 17.6 Å². The van der Waals surface area contributed by atoms with Crippen LogP contribution in [0.25, 0.3) is 16.2 Å². The molecule has 1 heterocycles. The number of hydrogen-bond donors (Lipinski definition) is 0. The predicted octanol–water partition coefficient (Wildman–Crippen LogP) is 6.08. The van der Waals surface area contributed by atoms with E-state index in [0.717, 1.165) is 15.6 Å². The third-order valence-electron chi connectivity index (χ3n) is 4.59. The topological polar surface area (TPSA) is 61.8 Å². The van der Waals surface area contributed by atoms with E-state index in [1.54, 1.807) is 37.5 Å². The summed E-state index contributed by atoms with van der Waals surface area (Å²) in [6.45, 7) is 0.357. The summed E-state index contributed by atoms with van der Waals surface area (Å²) in [6.07, 6.45) is 2.97. The van der Waals surface area contributed by atoms with Gasteiger partial charge in [-0.15, -0.1) is 11.3 Å². The molecule has 0 bridgehead atoms. The minimum absolute atomic E-state index is 0.0960. The van der Waals surface area contributed by atoms with Gasteiger partial charge in [0.15, 0.2) is 5.75 Å². The highest BCUT2D eigenvalue weighted by Gasteiger charge is 2.22. The minimum Gasteiger partial charge on any atom is -0.497 e. The molecule has 3 aromatic carbocycles. The second-order valence-corrected chi connectivity index (χ2v) is 7.58. The summed E-state index contributed by atoms with van der Waals surface area (Å²) in [5, 5.41) is 0.841. The molecule has 4 aromatic rings. The average Bonchev–Trinajstić information content (AvgIpc) is 3.17. The number of rotatable bonds is 8. The standard InChI is InChI=1S/C25H18O5S/c1-28-20-11-12-21-22(15-20)31-25(23(27)18-5-3-2-4-6-18)24(21)30-19-9-7-17(8-10-19)13-14-29-16-26/h2-16H,1H3/b14-13+. The highest BCUT2D eigenvalue weighted by molar-refractivity contribution is 7.21. The number of fused-ring (bicyclic) bond motifs is 1. The maximum Gasteiger partial charge on any atom is 0.297 e. The van der Waals surface area contributed by atoms with E-state index in [1.807, 2.05) is 48.5 Å². The van der Waals surface area contributed by atoms with Gasteiger partial charge in [0, 0.05) is 15.6 Å². The van der Waals surface area contributed by atoms with Crippen molar-refractivity contribution in [1.82, 2.24) is 0 Å². The number of carbonyl (C=O) groups is 2. The van der Waals surface area contributed by atoms with Gasteiger partial charge in [-0.1, -0.05) is 42.5 Å². The summed E-state index contributed by atoms with van der Waals surface area (Å²) in [5.74, 6) is 1.73. The van der Waals surface area contributed by atoms with Crippen molar-refractivity contribution in [3.63, 3.8) is 0 Å². The fraction of sp³-hybridized carbons (Fsp3) is 0.0400. The fourth-order valence-corrected chi connectivity index (χ4v) is 4.19. The first-order valence-corrected chi connectivity index (χ1v) is 10.2. The van der Waals surface area contributed by atoms with E-state index < -0.39 is 0 Å². The van der Waals surface area contributed by atoms with Crippen molar-refractivity contribution in [3.05, 3.63) is 95.1 Å². The molecule has 5 nitrogen and oxygen atoms in total. The molecule has 0 spiro atoms. The molecule has 0 atom stereocenters. The number of thiophene rings is 1. The fourth-order valence-electron chi connectivity index (χ4n) is 3.07. The Morgan fingerprint density at radius 3 is 2.39 bits per heavy atom. The van der Waals surface area contributed by atoms with Crippen LogP contribution in [-0.2, 0) is 9.53 Å². The second kappa shape index (κ2) is 9.28. The Morgan fingerprint density at radius 2 is 1.68 bits per heavy atom. The molecule has 4 rings (SSSR count). The Labute approximate surface area is 183 Å². The highest BCUT2D eigenvalue weighted by Crippen LogP contribution is 2.42. The molecular weight excluding hydrogens is 412 g/mol. The van der Waals surface area contributed by atoms with Crippen LogP contribution in [-0.4, -0.2) is 19.4 Å². The third-order valence-corrected chi connectivity index (χ3v) is 5.72.